The Hall–Kier alpha value is -3.23. The van der Waals surface area contributed by atoms with Crippen LogP contribution < -0.4 is 11.1 Å². The van der Waals surface area contributed by atoms with Crippen LogP contribution in [0.2, 0.25) is 0 Å². The van der Waals surface area contributed by atoms with E-state index in [1.54, 1.807) is 26.2 Å². The van der Waals surface area contributed by atoms with Gasteiger partial charge in [-0.05, 0) is 31.6 Å². The zero-order valence-corrected chi connectivity index (χ0v) is 22.7. The maximum atomic E-state index is 14.0. The van der Waals surface area contributed by atoms with Gasteiger partial charge in [-0.25, -0.2) is 0 Å². The number of nitrogens with zero attached hydrogens (tertiary/aromatic N) is 1. The highest BCUT2D eigenvalue weighted by molar-refractivity contribution is 6.32. The van der Waals surface area contributed by atoms with Crippen LogP contribution in [0, 0.1) is 23.7 Å². The molecule has 0 aliphatic heterocycles. The van der Waals surface area contributed by atoms with E-state index in [0.717, 1.165) is 0 Å². The minimum Gasteiger partial charge on any atom is -0.505 e. The number of aliphatic hydroxyl groups is 2. The lowest BCUT2D eigenvalue weighted by atomic mass is 9.49. The number of anilines is 1. The molecule has 218 valence electrons. The first kappa shape index (κ1) is 29.7. The fraction of sp³-hybridized carbons (Fsp3) is 0.593. The molecule has 1 amide bonds. The fourth-order valence-corrected chi connectivity index (χ4v) is 6.63. The summed E-state index contributed by atoms with van der Waals surface area (Å²) < 4.78 is 10.3. The van der Waals surface area contributed by atoms with Crippen LogP contribution in [-0.2, 0) is 28.7 Å². The highest BCUT2D eigenvalue weighted by Gasteiger charge is 2.72. The number of phenolic OH excluding ortho intramolecular Hbond substituents is 1. The fourth-order valence-electron chi connectivity index (χ4n) is 6.63. The molecule has 3 aliphatic rings. The van der Waals surface area contributed by atoms with E-state index in [9.17, 15) is 39.3 Å². The Bertz CT molecular complexity index is 1250. The maximum Gasteiger partial charge on any atom is 0.235 e. The Morgan fingerprint density at radius 1 is 1.12 bits per heavy atom. The van der Waals surface area contributed by atoms with Gasteiger partial charge in [-0.3, -0.25) is 28.9 Å². The smallest absolute Gasteiger partial charge is 0.235 e. The van der Waals surface area contributed by atoms with Crippen LogP contribution >= 0.6 is 0 Å². The number of methoxy groups -OCH3 is 1. The van der Waals surface area contributed by atoms with Gasteiger partial charge in [0.2, 0.25) is 5.91 Å². The van der Waals surface area contributed by atoms with Gasteiger partial charge in [-0.2, -0.15) is 0 Å². The highest BCUT2D eigenvalue weighted by Crippen LogP contribution is 2.55. The van der Waals surface area contributed by atoms with E-state index >= 15 is 0 Å². The Morgan fingerprint density at radius 2 is 1.80 bits per heavy atom. The number of phenols is 1. The molecule has 3 aliphatic carbocycles. The Balaban J connectivity index is 1.75. The molecule has 0 aromatic heterocycles. The number of fused-ring (bicyclic) bond motifs is 3. The molecule has 13 heteroatoms. The van der Waals surface area contributed by atoms with E-state index in [0.29, 0.717) is 18.8 Å². The number of nitrogens with one attached hydrogen (secondary N) is 1. The minimum absolute atomic E-state index is 0.170. The Kier molecular flexibility index (Phi) is 8.16. The second-order valence-corrected chi connectivity index (χ2v) is 10.8. The van der Waals surface area contributed by atoms with Crippen LogP contribution in [0.4, 0.5) is 5.69 Å². The zero-order valence-electron chi connectivity index (χ0n) is 22.7. The molecule has 0 heterocycles. The number of likely N-dealkylation sites (N-methyl/N-ethyl adjacent to an activating group) is 1. The summed E-state index contributed by atoms with van der Waals surface area (Å²) in [7, 11) is 4.44. The first-order valence-corrected chi connectivity index (χ1v) is 13.0. The normalized spacial score (nSPS) is 33.4. The largest absolute Gasteiger partial charge is 0.505 e. The van der Waals surface area contributed by atoms with Gasteiger partial charge in [0.15, 0.2) is 34.7 Å². The molecule has 4 rings (SSSR count). The molecule has 13 nitrogen and oxygen atoms in total. The number of ether oxygens (including phenoxy) is 2. The number of aromatic hydroxyl groups is 1. The molecule has 2 unspecified atom stereocenters. The average molecular weight is 562 g/mol. The molecule has 0 spiro atoms. The van der Waals surface area contributed by atoms with Crippen molar-refractivity contribution in [2.45, 2.75) is 30.6 Å². The van der Waals surface area contributed by atoms with Crippen molar-refractivity contribution in [2.75, 3.05) is 52.9 Å². The van der Waals surface area contributed by atoms with Crippen molar-refractivity contribution in [1.82, 2.24) is 4.90 Å². The Morgan fingerprint density at radius 3 is 2.40 bits per heavy atom. The van der Waals surface area contributed by atoms with Crippen LogP contribution in [-0.4, -0.2) is 115 Å². The SMILES string of the molecule is COCCOCCNc1ccc2c(c1O)C(=O)C1C(=O)[C@]3(O)C(=O)C(C(N)=O)C(=O)[C@@H](N(C)C)[C@@H]3[C@@H](O)[C@@H]1[C@H]2C. The zero-order chi connectivity index (χ0) is 29.7. The number of primary amides is 1. The summed E-state index contributed by atoms with van der Waals surface area (Å²) in [6.45, 7) is 3.01. The number of benzene rings is 1. The third kappa shape index (κ3) is 4.32. The Labute approximate surface area is 230 Å². The number of carbonyl (C=O) groups is 5. The van der Waals surface area contributed by atoms with Crippen molar-refractivity contribution < 1.29 is 48.8 Å². The van der Waals surface area contributed by atoms with E-state index < -0.39 is 82.1 Å². The minimum atomic E-state index is -3.03. The number of hydrogen-bond donors (Lipinski definition) is 5. The average Bonchev–Trinajstić information content (AvgIpc) is 2.88. The van der Waals surface area contributed by atoms with Gasteiger partial charge in [0.1, 0.15) is 5.75 Å². The van der Waals surface area contributed by atoms with E-state index in [4.69, 9.17) is 15.2 Å². The summed E-state index contributed by atoms with van der Waals surface area (Å²) in [6, 6.07) is 1.76. The van der Waals surface area contributed by atoms with Gasteiger partial charge in [0.25, 0.3) is 0 Å². The summed E-state index contributed by atoms with van der Waals surface area (Å²) in [5.41, 5.74) is 2.69. The topological polar surface area (TPSA) is 206 Å². The molecule has 40 heavy (non-hydrogen) atoms. The first-order chi connectivity index (χ1) is 18.8. The lowest BCUT2D eigenvalue weighted by molar-refractivity contribution is -0.196. The standard InChI is InChI=1S/C27H35N3O10/c1-11-12-5-6-13(29-7-8-40-10-9-39-4)20(31)15(12)21(32)16-14(11)22(33)18-19(30(2)3)23(34)17(26(28)37)25(36)27(18,38)24(16)35/h5-6,11,14,16-19,22,29,31,33,38H,7-10H2,1-4H3,(H2,28,37)/t11-,14+,16?,17?,18+,19-,22-,27-/m0/s1. The van der Waals surface area contributed by atoms with E-state index in [1.807, 2.05) is 0 Å². The van der Waals surface area contributed by atoms with E-state index in [1.165, 1.54) is 19.0 Å². The van der Waals surface area contributed by atoms with Gasteiger partial charge >= 0.3 is 0 Å². The highest BCUT2D eigenvalue weighted by atomic mass is 16.5. The van der Waals surface area contributed by atoms with Gasteiger partial charge in [-0.1, -0.05) is 13.0 Å². The summed E-state index contributed by atoms with van der Waals surface area (Å²) >= 11 is 0. The molecule has 2 saturated carbocycles. The molecule has 6 N–H and O–H groups in total. The molecular weight excluding hydrogens is 526 g/mol. The third-order valence-corrected chi connectivity index (χ3v) is 8.48. The number of Topliss-reactive ketones (excluding diaryl/α,β-unsaturated/α-hetero) is 4. The molecule has 1 aromatic carbocycles. The number of hydrogen-bond acceptors (Lipinski definition) is 12. The monoisotopic (exact) mass is 561 g/mol. The van der Waals surface area contributed by atoms with Gasteiger partial charge in [0.05, 0.1) is 55.1 Å². The molecule has 1 aromatic rings. The van der Waals surface area contributed by atoms with Crippen molar-refractivity contribution >= 4 is 34.7 Å². The quantitative estimate of drug-likeness (QED) is 0.132. The number of amides is 1. The third-order valence-electron chi connectivity index (χ3n) is 8.48. The second-order valence-electron chi connectivity index (χ2n) is 10.8. The van der Waals surface area contributed by atoms with E-state index in [2.05, 4.69) is 5.32 Å². The van der Waals surface area contributed by atoms with Crippen LogP contribution in [0.25, 0.3) is 0 Å². The molecule has 0 saturated heterocycles. The van der Waals surface area contributed by atoms with E-state index in [-0.39, 0.29) is 24.4 Å². The van der Waals surface area contributed by atoms with Gasteiger partial charge in [0, 0.05) is 19.6 Å². The van der Waals surface area contributed by atoms with Crippen LogP contribution in [0.5, 0.6) is 5.75 Å². The van der Waals surface area contributed by atoms with Crippen molar-refractivity contribution in [1.29, 1.82) is 0 Å². The second kappa shape index (κ2) is 11.0. The lowest BCUT2D eigenvalue weighted by Crippen LogP contribution is -2.77. The summed E-state index contributed by atoms with van der Waals surface area (Å²) in [4.78, 5) is 67.8. The summed E-state index contributed by atoms with van der Waals surface area (Å²) in [6.07, 6.45) is -1.67. The number of rotatable bonds is 9. The number of carbonyl (C=O) groups excluding carboxylic acids is 5. The van der Waals surface area contributed by atoms with Crippen LogP contribution in [0.3, 0.4) is 0 Å². The van der Waals surface area contributed by atoms with Crippen molar-refractivity contribution in [3.8, 4) is 5.75 Å². The van der Waals surface area contributed by atoms with Crippen molar-refractivity contribution in [3.05, 3.63) is 23.3 Å². The number of aliphatic hydroxyl groups excluding tert-OH is 1. The molecule has 0 bridgehead atoms. The number of ketones is 4. The molecular formula is C27H35N3O10. The number of nitrogens with two attached hydrogens (primary N) is 1. The summed E-state index contributed by atoms with van der Waals surface area (Å²) in [5, 5.41) is 37.3. The summed E-state index contributed by atoms with van der Waals surface area (Å²) in [5.74, 6) is -13.5. The van der Waals surface area contributed by atoms with Crippen LogP contribution in [0.15, 0.2) is 12.1 Å². The first-order valence-electron chi connectivity index (χ1n) is 13.0. The lowest BCUT2D eigenvalue weighted by Gasteiger charge is -2.56. The van der Waals surface area contributed by atoms with Crippen LogP contribution in [0.1, 0.15) is 28.8 Å². The predicted octanol–water partition coefficient (Wildman–Crippen LogP) is -1.53. The maximum absolute atomic E-state index is 14.0. The molecule has 2 fully saturated rings. The van der Waals surface area contributed by atoms with Crippen molar-refractivity contribution in [2.24, 2.45) is 29.4 Å². The molecule has 8 atom stereocenters. The van der Waals surface area contributed by atoms with Gasteiger partial charge in [-0.15, -0.1) is 0 Å². The van der Waals surface area contributed by atoms with Gasteiger partial charge < -0.3 is 35.8 Å². The van der Waals surface area contributed by atoms with Crippen molar-refractivity contribution in [3.63, 3.8) is 0 Å². The predicted molar refractivity (Wildman–Crippen MR) is 139 cm³/mol. The molecule has 0 radical (unpaired) electrons.